The van der Waals surface area contributed by atoms with Gasteiger partial charge in [0.25, 0.3) is 0 Å². The van der Waals surface area contributed by atoms with Crippen LogP contribution in [0.25, 0.3) is 0 Å². The predicted octanol–water partition coefficient (Wildman–Crippen LogP) is 4.69. The summed E-state index contributed by atoms with van der Waals surface area (Å²) >= 11 is 0. The number of phosphoric ester groups is 1. The average molecular weight is 754 g/mol. The molecular formula is C37H72NO12P. The van der Waals surface area contributed by atoms with Crippen molar-refractivity contribution < 1.29 is 59.0 Å². The van der Waals surface area contributed by atoms with Gasteiger partial charge in [0.1, 0.15) is 36.6 Å². The molecule has 0 aromatic rings. The van der Waals surface area contributed by atoms with Gasteiger partial charge < -0.3 is 46.0 Å². The van der Waals surface area contributed by atoms with Crippen molar-refractivity contribution in [2.45, 2.75) is 210 Å². The first-order valence-corrected chi connectivity index (χ1v) is 21.2. The summed E-state index contributed by atoms with van der Waals surface area (Å²) in [4.78, 5) is 23.3. The van der Waals surface area contributed by atoms with Crippen molar-refractivity contribution in [2.75, 3.05) is 6.61 Å². The molecule has 51 heavy (non-hydrogen) atoms. The van der Waals surface area contributed by atoms with Crippen LogP contribution in [0.15, 0.2) is 12.2 Å². The Kier molecular flexibility index (Phi) is 26.8. The summed E-state index contributed by atoms with van der Waals surface area (Å²) < 4.78 is 22.8. The van der Waals surface area contributed by atoms with E-state index in [1.54, 1.807) is 0 Å². The van der Waals surface area contributed by atoms with Crippen LogP contribution in [0, 0.1) is 0 Å². The number of allylic oxidation sites excluding steroid dienone is 2. The third-order valence-electron chi connectivity index (χ3n) is 9.63. The molecular weight excluding hydrogens is 681 g/mol. The maximum atomic E-state index is 12.9. The summed E-state index contributed by atoms with van der Waals surface area (Å²) in [5, 5.41) is 74.1. The number of phosphoric acid groups is 1. The average Bonchev–Trinajstić information content (AvgIpc) is 3.09. The van der Waals surface area contributed by atoms with Crippen LogP contribution in [0.5, 0.6) is 0 Å². The van der Waals surface area contributed by atoms with E-state index in [0.717, 1.165) is 57.8 Å². The minimum absolute atomic E-state index is 0.232. The van der Waals surface area contributed by atoms with Crippen molar-refractivity contribution >= 4 is 13.7 Å². The maximum Gasteiger partial charge on any atom is 0.472 e. The Bertz CT molecular complexity index is 943. The van der Waals surface area contributed by atoms with Gasteiger partial charge in [0.05, 0.1) is 31.3 Å². The van der Waals surface area contributed by atoms with Crippen LogP contribution >= 0.6 is 7.82 Å². The first-order chi connectivity index (χ1) is 24.3. The number of hydrogen-bond acceptors (Lipinski definition) is 11. The summed E-state index contributed by atoms with van der Waals surface area (Å²) in [6, 6.07) is -1.15. The second kappa shape index (κ2) is 28.5. The third-order valence-corrected chi connectivity index (χ3v) is 10.6. The number of aliphatic hydroxyl groups is 7. The Balaban J connectivity index is 2.64. The van der Waals surface area contributed by atoms with Crippen LogP contribution in [-0.4, -0.2) is 108 Å². The maximum absolute atomic E-state index is 12.9. The number of unbranched alkanes of at least 4 members (excludes halogenated alkanes) is 16. The highest BCUT2D eigenvalue weighted by Crippen LogP contribution is 2.47. The van der Waals surface area contributed by atoms with E-state index in [0.29, 0.717) is 12.8 Å². The number of carbonyl (C=O) groups is 1. The molecule has 1 rings (SSSR count). The molecule has 0 aliphatic heterocycles. The zero-order valence-electron chi connectivity index (χ0n) is 31.3. The fourth-order valence-corrected chi connectivity index (χ4v) is 7.25. The second-order valence-corrected chi connectivity index (χ2v) is 15.7. The molecule has 1 aliphatic rings. The van der Waals surface area contributed by atoms with Crippen molar-refractivity contribution in [3.05, 3.63) is 12.2 Å². The fraction of sp³-hybridized carbons (Fsp3) is 0.919. The standard InChI is InChI=1S/C37H72NO12P/c1-3-5-7-9-11-13-14-15-17-19-21-23-25-30(40)29(38-31(41)26-28(39)24-22-20-18-16-12-10-8-6-4-2)27-49-51(47,48)50-37-35(45)33(43)32(42)34(44)36(37)46/h10,12,28-30,32-37,39-40,42-46H,3-9,11,13-27H2,1-2H3,(H,38,41)(H,47,48)/b12-10-. The molecule has 13 nitrogen and oxygen atoms in total. The first kappa shape index (κ1) is 48.1. The molecule has 8 atom stereocenters. The molecule has 1 amide bonds. The van der Waals surface area contributed by atoms with Gasteiger partial charge in [-0.2, -0.15) is 0 Å². The van der Waals surface area contributed by atoms with Crippen molar-refractivity contribution in [2.24, 2.45) is 0 Å². The fourth-order valence-electron chi connectivity index (χ4n) is 6.28. The predicted molar refractivity (Wildman–Crippen MR) is 197 cm³/mol. The monoisotopic (exact) mass is 753 g/mol. The van der Waals surface area contributed by atoms with Crippen molar-refractivity contribution in [1.82, 2.24) is 5.32 Å². The first-order valence-electron chi connectivity index (χ1n) is 19.7. The number of carbonyl (C=O) groups excluding carboxylic acids is 1. The molecule has 0 radical (unpaired) electrons. The van der Waals surface area contributed by atoms with Crippen molar-refractivity contribution in [3.63, 3.8) is 0 Å². The van der Waals surface area contributed by atoms with Crippen molar-refractivity contribution in [1.29, 1.82) is 0 Å². The van der Waals surface area contributed by atoms with Gasteiger partial charge in [0.2, 0.25) is 5.91 Å². The summed E-state index contributed by atoms with van der Waals surface area (Å²) in [6.45, 7) is 3.68. The van der Waals surface area contributed by atoms with Gasteiger partial charge in [0, 0.05) is 0 Å². The lowest BCUT2D eigenvalue weighted by atomic mass is 9.85. The Labute approximate surface area is 306 Å². The summed E-state index contributed by atoms with van der Waals surface area (Å²) in [7, 11) is -5.10. The highest BCUT2D eigenvalue weighted by atomic mass is 31.2. The molecule has 0 bridgehead atoms. The molecule has 8 unspecified atom stereocenters. The Morgan fingerprint density at radius 3 is 1.67 bits per heavy atom. The minimum Gasteiger partial charge on any atom is -0.393 e. The van der Waals surface area contributed by atoms with E-state index in [2.05, 4.69) is 31.3 Å². The van der Waals surface area contributed by atoms with Crippen LogP contribution in [0.4, 0.5) is 0 Å². The lowest BCUT2D eigenvalue weighted by molar-refractivity contribution is -0.220. The number of rotatable bonds is 31. The van der Waals surface area contributed by atoms with Crippen LogP contribution in [0.2, 0.25) is 0 Å². The Hall–Kier alpha value is -0.960. The van der Waals surface area contributed by atoms with Gasteiger partial charge in [-0.1, -0.05) is 129 Å². The van der Waals surface area contributed by atoms with Crippen LogP contribution in [0.3, 0.4) is 0 Å². The van der Waals surface area contributed by atoms with E-state index in [1.807, 2.05) is 0 Å². The molecule has 0 aromatic carbocycles. The van der Waals surface area contributed by atoms with Crippen LogP contribution in [-0.2, 0) is 18.4 Å². The molecule has 9 N–H and O–H groups in total. The second-order valence-electron chi connectivity index (χ2n) is 14.3. The van der Waals surface area contributed by atoms with Gasteiger partial charge >= 0.3 is 7.82 Å². The number of aliphatic hydroxyl groups excluding tert-OH is 7. The highest BCUT2D eigenvalue weighted by molar-refractivity contribution is 7.47. The highest BCUT2D eigenvalue weighted by Gasteiger charge is 2.51. The molecule has 1 aliphatic carbocycles. The molecule has 1 fully saturated rings. The van der Waals surface area contributed by atoms with Crippen molar-refractivity contribution in [3.8, 4) is 0 Å². The van der Waals surface area contributed by atoms with Gasteiger partial charge in [-0.15, -0.1) is 0 Å². The van der Waals surface area contributed by atoms with E-state index in [4.69, 9.17) is 9.05 Å². The minimum atomic E-state index is -5.10. The normalized spacial score (nSPS) is 25.5. The number of amides is 1. The lowest BCUT2D eigenvalue weighted by Crippen LogP contribution is -2.64. The summed E-state index contributed by atoms with van der Waals surface area (Å²) in [5.74, 6) is -0.573. The SMILES string of the molecule is CCCC/C=C\CCCCCC(O)CC(=O)NC(COP(=O)(O)OC1C(O)C(O)C(O)C(O)C1O)C(O)CCCCCCCCCCCCCC. The van der Waals surface area contributed by atoms with E-state index in [-0.39, 0.29) is 12.8 Å². The zero-order chi connectivity index (χ0) is 38.1. The van der Waals surface area contributed by atoms with E-state index >= 15 is 0 Å². The molecule has 0 saturated heterocycles. The van der Waals surface area contributed by atoms with Gasteiger partial charge in [-0.3, -0.25) is 13.8 Å². The summed E-state index contributed by atoms with van der Waals surface area (Å²) in [6.07, 6.45) is 11.5. The van der Waals surface area contributed by atoms with E-state index in [9.17, 15) is 50.0 Å². The molecule has 302 valence electrons. The smallest absolute Gasteiger partial charge is 0.393 e. The Morgan fingerprint density at radius 1 is 0.667 bits per heavy atom. The molecule has 0 aromatic heterocycles. The number of nitrogens with one attached hydrogen (secondary N) is 1. The zero-order valence-corrected chi connectivity index (χ0v) is 32.2. The molecule has 0 spiro atoms. The molecule has 1 saturated carbocycles. The van der Waals surface area contributed by atoms with Gasteiger partial charge in [-0.25, -0.2) is 4.57 Å². The van der Waals surface area contributed by atoms with Crippen LogP contribution < -0.4 is 5.32 Å². The van der Waals surface area contributed by atoms with Crippen LogP contribution in [0.1, 0.15) is 155 Å². The molecule has 0 heterocycles. The van der Waals surface area contributed by atoms with E-state index < -0.39 is 75.2 Å². The lowest BCUT2D eigenvalue weighted by Gasteiger charge is -2.41. The third kappa shape index (κ3) is 21.5. The quantitative estimate of drug-likeness (QED) is 0.0267. The largest absolute Gasteiger partial charge is 0.472 e. The van der Waals surface area contributed by atoms with Gasteiger partial charge in [0.15, 0.2) is 0 Å². The molecule has 14 heteroatoms. The van der Waals surface area contributed by atoms with Gasteiger partial charge in [-0.05, 0) is 32.1 Å². The Morgan fingerprint density at radius 2 is 1.12 bits per heavy atom. The number of hydrogen-bond donors (Lipinski definition) is 9. The van der Waals surface area contributed by atoms with E-state index in [1.165, 1.54) is 57.8 Å². The topological polar surface area (TPSA) is 226 Å². The summed E-state index contributed by atoms with van der Waals surface area (Å²) in [5.41, 5.74) is 0.